The largest absolute Gasteiger partial charge is 1.00 e. The Morgan fingerprint density at radius 1 is 0.895 bits per heavy atom. The molecule has 0 radical (unpaired) electrons. The smallest absolute Gasteiger partial charge is 0.165 e. The van der Waals surface area contributed by atoms with Crippen LogP contribution in [0.15, 0.2) is 60.7 Å². The molecule has 1 atom stereocenters. The van der Waals surface area contributed by atoms with E-state index in [0.717, 1.165) is 11.1 Å². The second-order valence-electron chi connectivity index (χ2n) is 4.07. The second kappa shape index (κ2) is 8.67. The van der Waals surface area contributed by atoms with E-state index in [1.165, 1.54) is 0 Å². The molecule has 0 fully saturated rings. The Labute approximate surface area is 119 Å². The molecule has 0 saturated heterocycles. The predicted molar refractivity (Wildman–Crippen MR) is 69.3 cm³/mol. The maximum Gasteiger partial charge on any atom is 0.165 e. The summed E-state index contributed by atoms with van der Waals surface area (Å²) in [4.78, 5) is 5.20. The summed E-state index contributed by atoms with van der Waals surface area (Å²) in [5, 5.41) is 0. The Bertz CT molecular complexity index is 450. The van der Waals surface area contributed by atoms with Crippen molar-refractivity contribution in [2.75, 3.05) is 6.61 Å². The molecule has 19 heavy (non-hydrogen) atoms. The number of benzene rings is 2. The summed E-state index contributed by atoms with van der Waals surface area (Å²) >= 11 is 0. The minimum atomic E-state index is -0.116. The first-order chi connectivity index (χ1) is 8.90. The lowest BCUT2D eigenvalue weighted by Crippen LogP contribution is -3.00. The predicted octanol–water partition coefficient (Wildman–Crippen LogP) is -0.878. The van der Waals surface area contributed by atoms with Gasteiger partial charge < -0.3 is 17.1 Å². The van der Waals surface area contributed by atoms with Gasteiger partial charge >= 0.3 is 0 Å². The van der Waals surface area contributed by atoms with Gasteiger partial charge in [-0.1, -0.05) is 60.7 Å². The van der Waals surface area contributed by atoms with E-state index in [0.29, 0.717) is 13.2 Å². The average molecular weight is 280 g/mol. The maximum atomic E-state index is 5.66. The molecule has 1 unspecified atom stereocenters. The fourth-order valence-corrected chi connectivity index (χ4v) is 1.77. The van der Waals surface area contributed by atoms with Crippen LogP contribution in [0.5, 0.6) is 0 Å². The zero-order valence-corrected chi connectivity index (χ0v) is 11.4. The normalized spacial score (nSPS) is 11.6. The van der Waals surface area contributed by atoms with Gasteiger partial charge in [-0.25, -0.2) is 5.90 Å². The highest BCUT2D eigenvalue weighted by Crippen LogP contribution is 2.15. The van der Waals surface area contributed by atoms with Crippen molar-refractivity contribution >= 4 is 0 Å². The summed E-state index contributed by atoms with van der Waals surface area (Å²) in [5.74, 6) is 3.51. The molecule has 0 bridgehead atoms. The molecule has 2 aromatic rings. The molecule has 0 amide bonds. The van der Waals surface area contributed by atoms with E-state index < -0.39 is 0 Å². The summed E-state index contributed by atoms with van der Waals surface area (Å²) in [6.45, 7) is 1.09. The first-order valence-corrected chi connectivity index (χ1v) is 5.97. The zero-order valence-electron chi connectivity index (χ0n) is 10.7. The molecule has 4 heteroatoms. The number of hydrogen-bond acceptors (Lipinski definition) is 2. The van der Waals surface area contributed by atoms with Crippen LogP contribution in [-0.4, -0.2) is 6.61 Å². The van der Waals surface area contributed by atoms with Crippen LogP contribution < -0.4 is 18.3 Å². The monoisotopic (exact) mass is 279 g/mol. The lowest BCUT2D eigenvalue weighted by molar-refractivity contribution is -0.706. The minimum Gasteiger partial charge on any atom is -1.00 e. The molecule has 0 heterocycles. The second-order valence-corrected chi connectivity index (χ2v) is 4.07. The summed E-state index contributed by atoms with van der Waals surface area (Å²) in [5.41, 5.74) is 2.24. The molecular formula is C15H18ClNO2. The maximum absolute atomic E-state index is 5.66. The van der Waals surface area contributed by atoms with Crippen molar-refractivity contribution in [3.63, 3.8) is 0 Å². The quantitative estimate of drug-likeness (QED) is 0.698. The van der Waals surface area contributed by atoms with Gasteiger partial charge in [0.15, 0.2) is 6.10 Å². The van der Waals surface area contributed by atoms with Crippen LogP contribution in [0.4, 0.5) is 0 Å². The van der Waals surface area contributed by atoms with Crippen LogP contribution in [0, 0.1) is 0 Å². The van der Waals surface area contributed by atoms with Gasteiger partial charge in [-0.3, -0.25) is 0 Å². The molecule has 3 nitrogen and oxygen atoms in total. The summed E-state index contributed by atoms with van der Waals surface area (Å²) in [6.07, 6.45) is -0.116. The highest BCUT2D eigenvalue weighted by atomic mass is 35.5. The third-order valence-electron chi connectivity index (χ3n) is 2.75. The van der Waals surface area contributed by atoms with Gasteiger partial charge in [-0.15, -0.1) is 0 Å². The van der Waals surface area contributed by atoms with Gasteiger partial charge in [0.1, 0.15) is 0 Å². The molecule has 0 aliphatic carbocycles. The van der Waals surface area contributed by atoms with Crippen LogP contribution in [-0.2, 0) is 16.2 Å². The number of quaternary nitrogens is 1. The van der Waals surface area contributed by atoms with Crippen molar-refractivity contribution in [1.29, 1.82) is 0 Å². The molecule has 3 N–H and O–H groups in total. The van der Waals surface area contributed by atoms with Gasteiger partial charge in [0, 0.05) is 0 Å². The van der Waals surface area contributed by atoms with E-state index >= 15 is 0 Å². The Morgan fingerprint density at radius 3 is 2.05 bits per heavy atom. The minimum absolute atomic E-state index is 0. The van der Waals surface area contributed by atoms with Gasteiger partial charge in [0.05, 0.1) is 13.2 Å². The van der Waals surface area contributed by atoms with E-state index in [1.54, 1.807) is 0 Å². The molecule has 0 aliphatic heterocycles. The third-order valence-corrected chi connectivity index (χ3v) is 2.75. The Hall–Kier alpha value is -1.39. The molecule has 0 aliphatic rings. The van der Waals surface area contributed by atoms with Gasteiger partial charge in [0.2, 0.25) is 0 Å². The molecule has 2 rings (SSSR count). The van der Waals surface area contributed by atoms with Crippen LogP contribution >= 0.6 is 0 Å². The van der Waals surface area contributed by atoms with E-state index in [-0.39, 0.29) is 18.5 Å². The van der Waals surface area contributed by atoms with Crippen LogP contribution in [0.3, 0.4) is 0 Å². The topological polar surface area (TPSA) is 46.1 Å². The number of hydrogen-bond donors (Lipinski definition) is 1. The average Bonchev–Trinajstić information content (AvgIpc) is 2.46. The summed E-state index contributed by atoms with van der Waals surface area (Å²) in [7, 11) is 0. The molecule has 0 saturated carbocycles. The van der Waals surface area contributed by atoms with Crippen molar-refractivity contribution in [2.45, 2.75) is 12.7 Å². The van der Waals surface area contributed by atoms with Gasteiger partial charge in [-0.05, 0) is 11.1 Å². The fraction of sp³-hybridized carbons (Fsp3) is 0.200. The van der Waals surface area contributed by atoms with Gasteiger partial charge in [0.25, 0.3) is 0 Å². The summed E-state index contributed by atoms with van der Waals surface area (Å²) in [6, 6.07) is 20.1. The van der Waals surface area contributed by atoms with Crippen LogP contribution in [0.1, 0.15) is 17.2 Å². The van der Waals surface area contributed by atoms with E-state index in [2.05, 4.69) is 5.90 Å². The Morgan fingerprint density at radius 2 is 1.47 bits per heavy atom. The Kier molecular flexibility index (Phi) is 7.15. The van der Waals surface area contributed by atoms with Crippen molar-refractivity contribution < 1.29 is 27.9 Å². The fourth-order valence-electron chi connectivity index (χ4n) is 1.77. The van der Waals surface area contributed by atoms with E-state index in [9.17, 15) is 0 Å². The molecule has 102 valence electrons. The standard InChI is InChI=1S/C15H18NO2.ClH/c16-18-15(14-9-5-2-6-10-14)12-17-11-13-7-3-1-4-8-13;/h1-10,15H,11-12H2,16H3;1H/q+1;/p-1. The van der Waals surface area contributed by atoms with Crippen molar-refractivity contribution in [3.8, 4) is 0 Å². The van der Waals surface area contributed by atoms with Crippen LogP contribution in [0.2, 0.25) is 0 Å². The SMILES string of the molecule is [Cl-].[NH3+]OC(COCc1ccccc1)c1ccccc1. The molecule has 2 aromatic carbocycles. The number of rotatable bonds is 6. The van der Waals surface area contributed by atoms with E-state index in [4.69, 9.17) is 9.57 Å². The molecule has 0 spiro atoms. The number of ether oxygens (including phenoxy) is 1. The van der Waals surface area contributed by atoms with Crippen molar-refractivity contribution in [2.24, 2.45) is 0 Å². The van der Waals surface area contributed by atoms with Crippen molar-refractivity contribution in [1.82, 2.24) is 0 Å². The first kappa shape index (κ1) is 15.7. The van der Waals surface area contributed by atoms with E-state index in [1.807, 2.05) is 60.7 Å². The van der Waals surface area contributed by atoms with Crippen LogP contribution in [0.25, 0.3) is 0 Å². The molecule has 0 aromatic heterocycles. The summed E-state index contributed by atoms with van der Waals surface area (Å²) < 4.78 is 5.66. The highest BCUT2D eigenvalue weighted by molar-refractivity contribution is 5.17. The lowest BCUT2D eigenvalue weighted by atomic mass is 10.1. The Balaban J connectivity index is 0.00000180. The zero-order chi connectivity index (χ0) is 12.6. The van der Waals surface area contributed by atoms with Gasteiger partial charge in [-0.2, -0.15) is 4.84 Å². The first-order valence-electron chi connectivity index (χ1n) is 5.97. The molecular weight excluding hydrogens is 262 g/mol. The number of halogens is 1. The van der Waals surface area contributed by atoms with Crippen molar-refractivity contribution in [3.05, 3.63) is 71.8 Å². The highest BCUT2D eigenvalue weighted by Gasteiger charge is 2.12. The lowest BCUT2D eigenvalue weighted by Gasteiger charge is -2.12. The third kappa shape index (κ3) is 5.01.